The van der Waals surface area contributed by atoms with Crippen LogP contribution in [-0.4, -0.2) is 29.2 Å². The van der Waals surface area contributed by atoms with Gasteiger partial charge >= 0.3 is 5.97 Å². The summed E-state index contributed by atoms with van der Waals surface area (Å²) in [6.07, 6.45) is 1.47. The summed E-state index contributed by atoms with van der Waals surface area (Å²) in [6, 6.07) is 6.39. The molecular weight excluding hydrogens is 284 g/mol. The van der Waals surface area contributed by atoms with E-state index >= 15 is 0 Å². The fraction of sp³-hybridized carbons (Fsp3) is 0.235. The predicted octanol–water partition coefficient (Wildman–Crippen LogP) is 2.62. The summed E-state index contributed by atoms with van der Waals surface area (Å²) in [6.45, 7) is 3.50. The van der Waals surface area contributed by atoms with E-state index in [9.17, 15) is 19.5 Å². The van der Waals surface area contributed by atoms with E-state index in [4.69, 9.17) is 4.74 Å². The number of carbonyl (C=O) groups is 3. The zero-order valence-electron chi connectivity index (χ0n) is 12.4. The number of allylic oxidation sites excluding steroid dienone is 2. The van der Waals surface area contributed by atoms with Crippen molar-refractivity contribution in [2.45, 2.75) is 20.3 Å². The van der Waals surface area contributed by atoms with Crippen LogP contribution in [0.5, 0.6) is 0 Å². The Balaban J connectivity index is 2.35. The number of hydrogen-bond acceptors (Lipinski definition) is 5. The second kappa shape index (κ2) is 6.39. The molecule has 1 N–H and O–H groups in total. The smallest absolute Gasteiger partial charge is 0.333 e. The maximum atomic E-state index is 12.1. The lowest BCUT2D eigenvalue weighted by Crippen LogP contribution is -2.23. The van der Waals surface area contributed by atoms with Crippen LogP contribution < -0.4 is 0 Å². The van der Waals surface area contributed by atoms with Crippen LogP contribution in [0.15, 0.2) is 41.5 Å². The second-order valence-electron chi connectivity index (χ2n) is 4.84. The molecule has 0 saturated carbocycles. The predicted molar refractivity (Wildman–Crippen MR) is 80.3 cm³/mol. The van der Waals surface area contributed by atoms with Crippen molar-refractivity contribution in [3.8, 4) is 0 Å². The standard InChI is InChI=1S/C17H16O5/c1-3-22-17(21)10(2)8-9-13-14(18)11-6-4-5-7-12(11)15(19)16(13)20/h4-8,18H,3,9H2,1-2H3. The van der Waals surface area contributed by atoms with Gasteiger partial charge in [0.05, 0.1) is 6.61 Å². The number of esters is 1. The Labute approximate surface area is 127 Å². The summed E-state index contributed by atoms with van der Waals surface area (Å²) in [5.74, 6) is -2.10. The van der Waals surface area contributed by atoms with E-state index in [1.165, 1.54) is 12.1 Å². The van der Waals surface area contributed by atoms with Crippen molar-refractivity contribution in [3.63, 3.8) is 0 Å². The van der Waals surface area contributed by atoms with E-state index in [0.29, 0.717) is 11.1 Å². The molecule has 0 amide bonds. The monoisotopic (exact) mass is 300 g/mol. The van der Waals surface area contributed by atoms with Crippen LogP contribution in [0.1, 0.15) is 36.2 Å². The van der Waals surface area contributed by atoms with Gasteiger partial charge in [0.25, 0.3) is 0 Å². The summed E-state index contributed by atoms with van der Waals surface area (Å²) < 4.78 is 4.84. The van der Waals surface area contributed by atoms with Crippen LogP contribution >= 0.6 is 0 Å². The first kappa shape index (κ1) is 15.7. The summed E-state index contributed by atoms with van der Waals surface area (Å²) >= 11 is 0. The molecule has 0 fully saturated rings. The van der Waals surface area contributed by atoms with E-state index in [2.05, 4.69) is 0 Å². The van der Waals surface area contributed by atoms with Gasteiger partial charge in [0.1, 0.15) is 5.76 Å². The molecule has 0 atom stereocenters. The highest BCUT2D eigenvalue weighted by Gasteiger charge is 2.31. The first-order chi connectivity index (χ1) is 10.5. The van der Waals surface area contributed by atoms with Crippen LogP contribution in [0.2, 0.25) is 0 Å². The molecule has 5 heteroatoms. The van der Waals surface area contributed by atoms with E-state index in [1.54, 1.807) is 32.0 Å². The second-order valence-corrected chi connectivity index (χ2v) is 4.84. The van der Waals surface area contributed by atoms with Crippen molar-refractivity contribution >= 4 is 23.3 Å². The van der Waals surface area contributed by atoms with Crippen molar-refractivity contribution in [2.75, 3.05) is 6.61 Å². The maximum Gasteiger partial charge on any atom is 0.333 e. The molecular formula is C17H16O5. The number of aliphatic hydroxyl groups is 1. The molecule has 0 saturated heterocycles. The minimum absolute atomic E-state index is 0.00457. The molecule has 1 aliphatic carbocycles. The molecule has 0 radical (unpaired) electrons. The summed E-state index contributed by atoms with van der Waals surface area (Å²) in [4.78, 5) is 35.7. The molecule has 5 nitrogen and oxygen atoms in total. The van der Waals surface area contributed by atoms with E-state index in [-0.39, 0.29) is 29.9 Å². The third-order valence-electron chi connectivity index (χ3n) is 3.40. The van der Waals surface area contributed by atoms with Crippen LogP contribution in [0.4, 0.5) is 0 Å². The van der Waals surface area contributed by atoms with Crippen LogP contribution in [0.25, 0.3) is 5.76 Å². The third-order valence-corrected chi connectivity index (χ3v) is 3.40. The normalized spacial score (nSPS) is 14.9. The summed E-state index contributed by atoms with van der Waals surface area (Å²) in [5.41, 5.74) is 0.845. The number of Topliss-reactive ketones (excluding diaryl/α,β-unsaturated/α-hetero) is 2. The van der Waals surface area contributed by atoms with Crippen molar-refractivity contribution in [3.05, 3.63) is 52.6 Å². The fourth-order valence-electron chi connectivity index (χ4n) is 2.19. The first-order valence-electron chi connectivity index (χ1n) is 6.91. The average Bonchev–Trinajstić information content (AvgIpc) is 2.52. The first-order valence-corrected chi connectivity index (χ1v) is 6.91. The SMILES string of the molecule is CCOC(=O)C(C)=CCC1=C(O)c2ccccc2C(=O)C1=O. The topological polar surface area (TPSA) is 80.7 Å². The fourth-order valence-corrected chi connectivity index (χ4v) is 2.19. The quantitative estimate of drug-likeness (QED) is 0.525. The highest BCUT2D eigenvalue weighted by atomic mass is 16.5. The van der Waals surface area contributed by atoms with Crippen LogP contribution in [-0.2, 0) is 14.3 Å². The number of fused-ring (bicyclic) bond motifs is 1. The molecule has 114 valence electrons. The molecule has 0 spiro atoms. The Hall–Kier alpha value is -2.69. The number of rotatable bonds is 4. The van der Waals surface area contributed by atoms with Gasteiger partial charge in [-0.3, -0.25) is 9.59 Å². The van der Waals surface area contributed by atoms with Crippen molar-refractivity contribution in [2.24, 2.45) is 0 Å². The summed E-state index contributed by atoms with van der Waals surface area (Å²) in [5, 5.41) is 10.2. The minimum atomic E-state index is -0.746. The number of carbonyl (C=O) groups excluding carboxylic acids is 3. The molecule has 1 aromatic rings. The van der Waals surface area contributed by atoms with E-state index in [0.717, 1.165) is 0 Å². The van der Waals surface area contributed by atoms with Gasteiger partial charge in [-0.05, 0) is 20.3 Å². The Morgan fingerprint density at radius 2 is 1.82 bits per heavy atom. The molecule has 0 aliphatic heterocycles. The Bertz CT molecular complexity index is 710. The molecule has 1 aliphatic rings. The lowest BCUT2D eigenvalue weighted by Gasteiger charge is -2.16. The zero-order chi connectivity index (χ0) is 16.3. The molecule has 0 unspecified atom stereocenters. The molecule has 0 aromatic heterocycles. The minimum Gasteiger partial charge on any atom is -0.507 e. The molecule has 0 heterocycles. The third kappa shape index (κ3) is 2.83. The van der Waals surface area contributed by atoms with Crippen molar-refractivity contribution in [1.82, 2.24) is 0 Å². The Morgan fingerprint density at radius 3 is 2.45 bits per heavy atom. The van der Waals surface area contributed by atoms with Gasteiger partial charge in [-0.2, -0.15) is 0 Å². The molecule has 2 rings (SSSR count). The van der Waals surface area contributed by atoms with Crippen molar-refractivity contribution in [1.29, 1.82) is 0 Å². The van der Waals surface area contributed by atoms with Gasteiger partial charge < -0.3 is 9.84 Å². The van der Waals surface area contributed by atoms with Gasteiger partial charge in [-0.1, -0.05) is 30.3 Å². The average molecular weight is 300 g/mol. The number of aliphatic hydroxyl groups excluding tert-OH is 1. The molecule has 22 heavy (non-hydrogen) atoms. The lowest BCUT2D eigenvalue weighted by molar-refractivity contribution is -0.138. The number of ketones is 2. The summed E-state index contributed by atoms with van der Waals surface area (Å²) in [7, 11) is 0. The van der Waals surface area contributed by atoms with Gasteiger partial charge in [0.2, 0.25) is 11.6 Å². The number of benzene rings is 1. The molecule has 0 bridgehead atoms. The van der Waals surface area contributed by atoms with Gasteiger partial charge in [-0.25, -0.2) is 4.79 Å². The van der Waals surface area contributed by atoms with Gasteiger partial charge in [-0.15, -0.1) is 0 Å². The Kier molecular flexibility index (Phi) is 4.56. The number of hydrogen-bond donors (Lipinski definition) is 1. The number of ether oxygens (including phenoxy) is 1. The molecule has 1 aromatic carbocycles. The zero-order valence-corrected chi connectivity index (χ0v) is 12.4. The lowest BCUT2D eigenvalue weighted by atomic mass is 9.87. The van der Waals surface area contributed by atoms with Gasteiger partial charge in [0, 0.05) is 22.3 Å². The van der Waals surface area contributed by atoms with E-state index in [1.807, 2.05) is 0 Å². The van der Waals surface area contributed by atoms with Crippen LogP contribution in [0, 0.1) is 0 Å². The largest absolute Gasteiger partial charge is 0.507 e. The van der Waals surface area contributed by atoms with Gasteiger partial charge in [0.15, 0.2) is 0 Å². The van der Waals surface area contributed by atoms with Crippen LogP contribution in [0.3, 0.4) is 0 Å². The van der Waals surface area contributed by atoms with E-state index < -0.39 is 17.5 Å². The highest BCUT2D eigenvalue weighted by Crippen LogP contribution is 2.29. The maximum absolute atomic E-state index is 12.1. The Morgan fingerprint density at radius 1 is 1.18 bits per heavy atom. The highest BCUT2D eigenvalue weighted by molar-refractivity contribution is 6.52. The van der Waals surface area contributed by atoms with Crippen molar-refractivity contribution < 1.29 is 24.2 Å².